The van der Waals surface area contributed by atoms with E-state index in [4.69, 9.17) is 0 Å². The van der Waals surface area contributed by atoms with Crippen molar-refractivity contribution in [1.29, 1.82) is 0 Å². The predicted octanol–water partition coefficient (Wildman–Crippen LogP) is 2.54. The number of hydrogen-bond acceptors (Lipinski definition) is 3. The number of nitrogens with zero attached hydrogens (tertiary/aromatic N) is 2. The molecule has 0 bridgehead atoms. The molecule has 5 nitrogen and oxygen atoms in total. The Labute approximate surface area is 151 Å². The van der Waals surface area contributed by atoms with Gasteiger partial charge in [-0.3, -0.25) is 14.9 Å². The molecule has 1 saturated heterocycles. The van der Waals surface area contributed by atoms with Gasteiger partial charge in [0.25, 0.3) is 0 Å². The van der Waals surface area contributed by atoms with Crippen LogP contribution in [-0.2, 0) is 9.59 Å². The van der Waals surface area contributed by atoms with Gasteiger partial charge >= 0.3 is 0 Å². The lowest BCUT2D eigenvalue weighted by atomic mass is 9.99. The van der Waals surface area contributed by atoms with E-state index in [0.29, 0.717) is 32.1 Å². The lowest BCUT2D eigenvalue weighted by Crippen LogP contribution is -2.54. The highest BCUT2D eigenvalue weighted by Gasteiger charge is 2.26. The average Bonchev–Trinajstić information content (AvgIpc) is 2.61. The maximum absolute atomic E-state index is 12.6. The van der Waals surface area contributed by atoms with E-state index in [9.17, 15) is 9.59 Å². The van der Waals surface area contributed by atoms with Gasteiger partial charge in [-0.05, 0) is 30.9 Å². The molecule has 1 N–H and O–H groups in total. The fourth-order valence-electron chi connectivity index (χ4n) is 3.23. The third kappa shape index (κ3) is 5.05. The zero-order chi connectivity index (χ0) is 18.6. The molecule has 0 saturated carbocycles. The molecular formula is C20H31N3O2. The molecule has 138 valence electrons. The molecule has 0 spiro atoms. The number of piperazine rings is 1. The first-order valence-corrected chi connectivity index (χ1v) is 9.19. The van der Waals surface area contributed by atoms with E-state index in [1.54, 1.807) is 11.8 Å². The minimum Gasteiger partial charge on any atom is -0.339 e. The van der Waals surface area contributed by atoms with Gasteiger partial charge in [-0.1, -0.05) is 38.1 Å². The number of benzene rings is 1. The van der Waals surface area contributed by atoms with E-state index < -0.39 is 0 Å². The largest absolute Gasteiger partial charge is 0.339 e. The van der Waals surface area contributed by atoms with Crippen LogP contribution in [0.5, 0.6) is 0 Å². The molecule has 0 aliphatic carbocycles. The van der Waals surface area contributed by atoms with Crippen LogP contribution in [0.2, 0.25) is 0 Å². The Morgan fingerprint density at radius 2 is 1.36 bits per heavy atom. The van der Waals surface area contributed by atoms with Crippen molar-refractivity contribution in [3.63, 3.8) is 0 Å². The van der Waals surface area contributed by atoms with Crippen molar-refractivity contribution in [2.75, 3.05) is 26.2 Å². The standard InChI is InChI=1S/C20H31N3O2/c1-14(2)18-6-8-19(9-7-18)15(3)21-16(4)20(25)23-12-10-22(11-13-23)17(5)24/h6-9,14-16,21H,10-13H2,1-5H3/t15-,16+/m0/s1. The SMILES string of the molecule is CC(=O)N1CCN(C(=O)[C@@H](C)N[C@@H](C)c2ccc(C(C)C)cc2)CC1. The highest BCUT2D eigenvalue weighted by atomic mass is 16.2. The van der Waals surface area contributed by atoms with Crippen LogP contribution in [0, 0.1) is 0 Å². The lowest BCUT2D eigenvalue weighted by molar-refractivity contribution is -0.139. The van der Waals surface area contributed by atoms with Crippen LogP contribution in [0.15, 0.2) is 24.3 Å². The molecule has 0 radical (unpaired) electrons. The van der Waals surface area contributed by atoms with Gasteiger partial charge in [-0.25, -0.2) is 0 Å². The Morgan fingerprint density at radius 1 is 0.880 bits per heavy atom. The fourth-order valence-corrected chi connectivity index (χ4v) is 3.23. The first kappa shape index (κ1) is 19.4. The zero-order valence-corrected chi connectivity index (χ0v) is 16.1. The number of amides is 2. The summed E-state index contributed by atoms with van der Waals surface area (Å²) >= 11 is 0. The third-order valence-electron chi connectivity index (χ3n) is 5.01. The van der Waals surface area contributed by atoms with Crippen molar-refractivity contribution in [3.05, 3.63) is 35.4 Å². The molecule has 1 aliphatic rings. The molecule has 2 rings (SSSR count). The summed E-state index contributed by atoms with van der Waals surface area (Å²) in [4.78, 5) is 27.7. The van der Waals surface area contributed by atoms with Gasteiger partial charge in [-0.2, -0.15) is 0 Å². The van der Waals surface area contributed by atoms with Crippen molar-refractivity contribution in [2.45, 2.75) is 52.6 Å². The number of hydrogen-bond donors (Lipinski definition) is 1. The Balaban J connectivity index is 1.89. The van der Waals surface area contributed by atoms with Crippen LogP contribution < -0.4 is 5.32 Å². The summed E-state index contributed by atoms with van der Waals surface area (Å²) in [6.07, 6.45) is 0. The van der Waals surface area contributed by atoms with Gasteiger partial charge < -0.3 is 9.80 Å². The predicted molar refractivity (Wildman–Crippen MR) is 100 cm³/mol. The second kappa shape index (κ2) is 8.48. The van der Waals surface area contributed by atoms with Crippen molar-refractivity contribution in [2.24, 2.45) is 0 Å². The first-order chi connectivity index (χ1) is 11.8. The summed E-state index contributed by atoms with van der Waals surface area (Å²) in [6.45, 7) is 12.4. The Kier molecular flexibility index (Phi) is 6.59. The van der Waals surface area contributed by atoms with Crippen LogP contribution in [0.1, 0.15) is 57.7 Å². The molecule has 0 unspecified atom stereocenters. The van der Waals surface area contributed by atoms with Crippen molar-refractivity contribution in [3.8, 4) is 0 Å². The third-order valence-corrected chi connectivity index (χ3v) is 5.01. The number of carbonyl (C=O) groups excluding carboxylic acids is 2. The molecule has 25 heavy (non-hydrogen) atoms. The highest BCUT2D eigenvalue weighted by Crippen LogP contribution is 2.19. The van der Waals surface area contributed by atoms with Gasteiger partial charge in [0.05, 0.1) is 6.04 Å². The van der Waals surface area contributed by atoms with Gasteiger partial charge in [-0.15, -0.1) is 0 Å². The highest BCUT2D eigenvalue weighted by molar-refractivity contribution is 5.82. The van der Waals surface area contributed by atoms with Gasteiger partial charge in [0.15, 0.2) is 0 Å². The number of rotatable bonds is 5. The van der Waals surface area contributed by atoms with E-state index in [1.807, 2.05) is 11.8 Å². The van der Waals surface area contributed by atoms with Gasteiger partial charge in [0.1, 0.15) is 0 Å². The van der Waals surface area contributed by atoms with Crippen molar-refractivity contribution >= 4 is 11.8 Å². The Bertz CT molecular complexity index is 589. The molecule has 1 fully saturated rings. The topological polar surface area (TPSA) is 52.7 Å². The van der Waals surface area contributed by atoms with Crippen LogP contribution in [0.25, 0.3) is 0 Å². The van der Waals surface area contributed by atoms with Crippen LogP contribution in [0.3, 0.4) is 0 Å². The molecule has 0 aromatic heterocycles. The smallest absolute Gasteiger partial charge is 0.239 e. The minimum atomic E-state index is -0.247. The summed E-state index contributed by atoms with van der Waals surface area (Å²) in [5.74, 6) is 0.706. The van der Waals surface area contributed by atoms with Crippen molar-refractivity contribution in [1.82, 2.24) is 15.1 Å². The summed E-state index contributed by atoms with van der Waals surface area (Å²) in [5.41, 5.74) is 2.51. The zero-order valence-electron chi connectivity index (χ0n) is 16.1. The van der Waals surface area contributed by atoms with E-state index in [2.05, 4.69) is 50.4 Å². The van der Waals surface area contributed by atoms with E-state index in [0.717, 1.165) is 0 Å². The maximum Gasteiger partial charge on any atom is 0.239 e. The minimum absolute atomic E-state index is 0.0803. The van der Waals surface area contributed by atoms with Gasteiger partial charge in [0.2, 0.25) is 11.8 Å². The molecule has 1 heterocycles. The van der Waals surface area contributed by atoms with Crippen LogP contribution >= 0.6 is 0 Å². The monoisotopic (exact) mass is 345 g/mol. The summed E-state index contributed by atoms with van der Waals surface area (Å²) < 4.78 is 0. The summed E-state index contributed by atoms with van der Waals surface area (Å²) in [5, 5.41) is 3.40. The van der Waals surface area contributed by atoms with Crippen molar-refractivity contribution < 1.29 is 9.59 Å². The molecule has 2 amide bonds. The normalized spacial score (nSPS) is 17.5. The molecular weight excluding hydrogens is 314 g/mol. The molecule has 1 aromatic rings. The van der Waals surface area contributed by atoms with E-state index in [-0.39, 0.29) is 23.9 Å². The lowest BCUT2D eigenvalue weighted by Gasteiger charge is -2.36. The average molecular weight is 345 g/mol. The summed E-state index contributed by atoms with van der Waals surface area (Å²) in [6, 6.07) is 8.45. The second-order valence-corrected chi connectivity index (χ2v) is 7.26. The van der Waals surface area contributed by atoms with Crippen LogP contribution in [-0.4, -0.2) is 53.8 Å². The van der Waals surface area contributed by atoms with E-state index in [1.165, 1.54) is 11.1 Å². The second-order valence-electron chi connectivity index (χ2n) is 7.26. The van der Waals surface area contributed by atoms with Crippen LogP contribution in [0.4, 0.5) is 0 Å². The number of nitrogens with one attached hydrogen (secondary N) is 1. The fraction of sp³-hybridized carbons (Fsp3) is 0.600. The Hall–Kier alpha value is -1.88. The summed E-state index contributed by atoms with van der Waals surface area (Å²) in [7, 11) is 0. The van der Waals surface area contributed by atoms with Gasteiger partial charge in [0, 0.05) is 39.1 Å². The maximum atomic E-state index is 12.6. The molecule has 1 aliphatic heterocycles. The Morgan fingerprint density at radius 3 is 1.84 bits per heavy atom. The molecule has 5 heteroatoms. The first-order valence-electron chi connectivity index (χ1n) is 9.19. The number of carbonyl (C=O) groups is 2. The molecule has 2 atom stereocenters. The molecule has 1 aromatic carbocycles. The quantitative estimate of drug-likeness (QED) is 0.892. The van der Waals surface area contributed by atoms with E-state index >= 15 is 0 Å².